The SMILES string of the molecule is Ic1cccc(-c2nonc2-c2cccc(I)c2)c1. The van der Waals surface area contributed by atoms with Crippen LogP contribution in [0.2, 0.25) is 0 Å². The fourth-order valence-electron chi connectivity index (χ4n) is 1.84. The molecule has 0 atom stereocenters. The van der Waals surface area contributed by atoms with E-state index in [0.717, 1.165) is 29.7 Å². The summed E-state index contributed by atoms with van der Waals surface area (Å²) < 4.78 is 7.25. The van der Waals surface area contributed by atoms with Gasteiger partial charge in [-0.3, -0.25) is 0 Å². The third kappa shape index (κ3) is 2.81. The van der Waals surface area contributed by atoms with E-state index in [-0.39, 0.29) is 0 Å². The van der Waals surface area contributed by atoms with Gasteiger partial charge < -0.3 is 0 Å². The van der Waals surface area contributed by atoms with Crippen molar-refractivity contribution in [3.63, 3.8) is 0 Å². The molecule has 0 bridgehead atoms. The summed E-state index contributed by atoms with van der Waals surface area (Å²) in [6.45, 7) is 0. The molecular formula is C14H8I2N2O. The molecule has 19 heavy (non-hydrogen) atoms. The highest BCUT2D eigenvalue weighted by molar-refractivity contribution is 14.1. The lowest BCUT2D eigenvalue weighted by molar-refractivity contribution is 0.310. The normalized spacial score (nSPS) is 10.6. The van der Waals surface area contributed by atoms with Crippen LogP contribution in [0.1, 0.15) is 0 Å². The zero-order valence-electron chi connectivity index (χ0n) is 9.68. The van der Waals surface area contributed by atoms with Crippen LogP contribution in [0.3, 0.4) is 0 Å². The first-order valence-electron chi connectivity index (χ1n) is 5.58. The summed E-state index contributed by atoms with van der Waals surface area (Å²) in [6, 6.07) is 16.3. The van der Waals surface area contributed by atoms with Crippen molar-refractivity contribution in [2.45, 2.75) is 0 Å². The van der Waals surface area contributed by atoms with Crippen molar-refractivity contribution >= 4 is 45.2 Å². The predicted octanol–water partition coefficient (Wildman–Crippen LogP) is 4.61. The van der Waals surface area contributed by atoms with E-state index in [1.54, 1.807) is 0 Å². The highest BCUT2D eigenvalue weighted by Crippen LogP contribution is 2.30. The van der Waals surface area contributed by atoms with Gasteiger partial charge in [0, 0.05) is 18.3 Å². The molecule has 1 heterocycles. The van der Waals surface area contributed by atoms with Gasteiger partial charge in [-0.1, -0.05) is 24.3 Å². The molecule has 3 aromatic rings. The maximum absolute atomic E-state index is 4.93. The van der Waals surface area contributed by atoms with E-state index < -0.39 is 0 Å². The van der Waals surface area contributed by atoms with Crippen molar-refractivity contribution in [1.82, 2.24) is 10.3 Å². The minimum absolute atomic E-state index is 0.778. The molecule has 0 saturated heterocycles. The van der Waals surface area contributed by atoms with Gasteiger partial charge in [0.15, 0.2) is 0 Å². The first-order chi connectivity index (χ1) is 9.24. The largest absolute Gasteiger partial charge is 0.243 e. The van der Waals surface area contributed by atoms with Crippen LogP contribution in [0.15, 0.2) is 53.2 Å². The lowest BCUT2D eigenvalue weighted by Crippen LogP contribution is -1.85. The maximum Gasteiger partial charge on any atom is 0.143 e. The Morgan fingerprint density at radius 2 is 1.21 bits per heavy atom. The Balaban J connectivity index is 2.13. The monoisotopic (exact) mass is 474 g/mol. The van der Waals surface area contributed by atoms with Crippen LogP contribution < -0.4 is 0 Å². The lowest BCUT2D eigenvalue weighted by atomic mass is 10.1. The van der Waals surface area contributed by atoms with E-state index in [1.807, 2.05) is 36.4 Å². The van der Waals surface area contributed by atoms with Crippen LogP contribution in [-0.4, -0.2) is 10.3 Å². The summed E-state index contributed by atoms with van der Waals surface area (Å²) in [5, 5.41) is 8.08. The quantitative estimate of drug-likeness (QED) is 0.510. The van der Waals surface area contributed by atoms with E-state index in [9.17, 15) is 0 Å². The second-order valence-electron chi connectivity index (χ2n) is 3.98. The summed E-state index contributed by atoms with van der Waals surface area (Å²) in [5.74, 6) is 0. The van der Waals surface area contributed by atoms with Crippen LogP contribution in [0, 0.1) is 7.14 Å². The maximum atomic E-state index is 4.93. The van der Waals surface area contributed by atoms with Gasteiger partial charge in [-0.15, -0.1) is 0 Å². The zero-order chi connectivity index (χ0) is 13.2. The zero-order valence-corrected chi connectivity index (χ0v) is 14.0. The third-order valence-electron chi connectivity index (χ3n) is 2.68. The summed E-state index contributed by atoms with van der Waals surface area (Å²) in [7, 11) is 0. The van der Waals surface area contributed by atoms with E-state index >= 15 is 0 Å². The molecule has 0 fully saturated rings. The van der Waals surface area contributed by atoms with Crippen molar-refractivity contribution in [1.29, 1.82) is 0 Å². The number of nitrogens with zero attached hydrogens (tertiary/aromatic N) is 2. The number of benzene rings is 2. The molecule has 0 aliphatic rings. The highest BCUT2D eigenvalue weighted by Gasteiger charge is 2.14. The van der Waals surface area contributed by atoms with Crippen molar-refractivity contribution in [2.24, 2.45) is 0 Å². The number of hydrogen-bond acceptors (Lipinski definition) is 3. The van der Waals surface area contributed by atoms with Gasteiger partial charge in [0.2, 0.25) is 0 Å². The average Bonchev–Trinajstić information content (AvgIpc) is 2.88. The van der Waals surface area contributed by atoms with Gasteiger partial charge in [-0.05, 0) is 79.8 Å². The number of halogens is 2. The molecule has 0 radical (unpaired) electrons. The van der Waals surface area contributed by atoms with Crippen molar-refractivity contribution in [2.75, 3.05) is 0 Å². The van der Waals surface area contributed by atoms with Crippen molar-refractivity contribution < 1.29 is 4.63 Å². The molecule has 0 aliphatic heterocycles. The molecule has 3 nitrogen and oxygen atoms in total. The molecule has 2 aromatic carbocycles. The average molecular weight is 474 g/mol. The summed E-state index contributed by atoms with van der Waals surface area (Å²) >= 11 is 4.56. The van der Waals surface area contributed by atoms with Gasteiger partial charge in [0.05, 0.1) is 0 Å². The summed E-state index contributed by atoms with van der Waals surface area (Å²) in [4.78, 5) is 0. The highest BCUT2D eigenvalue weighted by atomic mass is 127. The van der Waals surface area contributed by atoms with E-state index in [4.69, 9.17) is 4.63 Å². The van der Waals surface area contributed by atoms with E-state index in [0.29, 0.717) is 0 Å². The van der Waals surface area contributed by atoms with Crippen LogP contribution in [-0.2, 0) is 0 Å². The Bertz CT molecular complexity index is 665. The second-order valence-corrected chi connectivity index (χ2v) is 6.47. The van der Waals surface area contributed by atoms with Gasteiger partial charge in [-0.25, -0.2) is 4.63 Å². The van der Waals surface area contributed by atoms with Gasteiger partial charge >= 0.3 is 0 Å². The first-order valence-corrected chi connectivity index (χ1v) is 7.74. The Morgan fingerprint density at radius 3 is 1.63 bits per heavy atom. The Labute approximate surface area is 137 Å². The van der Waals surface area contributed by atoms with Gasteiger partial charge in [-0.2, -0.15) is 0 Å². The molecular weight excluding hydrogens is 466 g/mol. The standard InChI is InChI=1S/C14H8I2N2O/c15-11-5-1-3-9(7-11)13-14(18-19-17-13)10-4-2-6-12(16)8-10/h1-8H. The molecule has 94 valence electrons. The van der Waals surface area contributed by atoms with Crippen LogP contribution in [0.25, 0.3) is 22.5 Å². The summed E-state index contributed by atoms with van der Waals surface area (Å²) in [6.07, 6.45) is 0. The van der Waals surface area contributed by atoms with E-state index in [1.165, 1.54) is 0 Å². The summed E-state index contributed by atoms with van der Waals surface area (Å²) in [5.41, 5.74) is 3.59. The Morgan fingerprint density at radius 1 is 0.737 bits per heavy atom. The number of aromatic nitrogens is 2. The topological polar surface area (TPSA) is 38.9 Å². The first kappa shape index (κ1) is 13.0. The number of hydrogen-bond donors (Lipinski definition) is 0. The predicted molar refractivity (Wildman–Crippen MR) is 90.6 cm³/mol. The Kier molecular flexibility index (Phi) is 3.83. The minimum atomic E-state index is 0.778. The molecule has 0 N–H and O–H groups in total. The Hall–Kier alpha value is -0.960. The molecule has 1 aromatic heterocycles. The van der Waals surface area contributed by atoms with Crippen molar-refractivity contribution in [3.8, 4) is 22.5 Å². The molecule has 5 heteroatoms. The second kappa shape index (κ2) is 5.58. The van der Waals surface area contributed by atoms with E-state index in [2.05, 4.69) is 67.6 Å². The van der Waals surface area contributed by atoms with Gasteiger partial charge in [0.1, 0.15) is 11.4 Å². The van der Waals surface area contributed by atoms with Crippen LogP contribution >= 0.6 is 45.2 Å². The molecule has 0 amide bonds. The molecule has 0 spiro atoms. The molecule has 0 aliphatic carbocycles. The van der Waals surface area contributed by atoms with Crippen molar-refractivity contribution in [3.05, 3.63) is 55.7 Å². The third-order valence-corrected chi connectivity index (χ3v) is 4.03. The van der Waals surface area contributed by atoms with Crippen LogP contribution in [0.4, 0.5) is 0 Å². The van der Waals surface area contributed by atoms with Crippen LogP contribution in [0.5, 0.6) is 0 Å². The molecule has 3 rings (SSSR count). The minimum Gasteiger partial charge on any atom is -0.243 e. The molecule has 0 unspecified atom stereocenters. The fraction of sp³-hybridized carbons (Fsp3) is 0. The fourth-order valence-corrected chi connectivity index (χ4v) is 2.93. The molecule has 0 saturated carbocycles. The van der Waals surface area contributed by atoms with Gasteiger partial charge in [0.25, 0.3) is 0 Å². The number of rotatable bonds is 2. The smallest absolute Gasteiger partial charge is 0.143 e. The lowest BCUT2D eigenvalue weighted by Gasteiger charge is -2.01.